The van der Waals surface area contributed by atoms with Crippen LogP contribution >= 0.6 is 0 Å². The molecule has 17 heavy (non-hydrogen) atoms. The predicted octanol–water partition coefficient (Wildman–Crippen LogP) is -0.161. The average molecular weight is 312 g/mol. The molecule has 0 saturated heterocycles. The van der Waals surface area contributed by atoms with Crippen molar-refractivity contribution in [3.05, 3.63) is 36.8 Å². The van der Waals surface area contributed by atoms with Gasteiger partial charge in [0.05, 0.1) is 13.7 Å². The molecule has 1 aromatic carbocycles. The average Bonchev–Trinajstić information content (AvgIpc) is 2.30. The van der Waals surface area contributed by atoms with E-state index in [0.717, 1.165) is 31.6 Å². The molecule has 4 heteroatoms. The zero-order valence-corrected chi connectivity index (χ0v) is 13.5. The zero-order valence-electron chi connectivity index (χ0n) is 10.5. The van der Waals surface area contributed by atoms with Crippen molar-refractivity contribution < 1.29 is 26.5 Å². The summed E-state index contributed by atoms with van der Waals surface area (Å²) in [5.74, 6) is 0.885. The number of methoxy groups -OCH3 is 1. The van der Waals surface area contributed by atoms with Gasteiger partial charge < -0.3 is 33.4 Å². The van der Waals surface area contributed by atoms with Crippen LogP contribution in [0.5, 0.6) is 5.75 Å². The molecular weight excluding hydrogens is 292 g/mol. The first-order valence-corrected chi connectivity index (χ1v) is 5.36. The normalized spacial score (nSPS) is 9.06. The van der Waals surface area contributed by atoms with Gasteiger partial charge in [-0.25, -0.2) is 0 Å². The fourth-order valence-corrected chi connectivity index (χ4v) is 1.29. The van der Waals surface area contributed by atoms with Gasteiger partial charge in [-0.3, -0.25) is 0 Å². The maximum absolute atomic E-state index is 5.53. The number of ether oxygens (including phenoxy) is 2. The van der Waals surface area contributed by atoms with Crippen LogP contribution in [-0.2, 0) is 11.3 Å². The van der Waals surface area contributed by atoms with E-state index in [2.05, 4.69) is 6.92 Å². The molecule has 0 unspecified atom stereocenters. The summed E-state index contributed by atoms with van der Waals surface area (Å²) in [5.41, 5.74) is 1.19. The maximum atomic E-state index is 5.53. The molecule has 0 amide bonds. The van der Waals surface area contributed by atoms with E-state index in [1.54, 1.807) is 7.11 Å². The summed E-state index contributed by atoms with van der Waals surface area (Å²) in [6, 6.07) is 7.96. The second-order valence-corrected chi connectivity index (χ2v) is 3.46. The Kier molecular flexibility index (Phi) is 14.6. The van der Waals surface area contributed by atoms with Crippen molar-refractivity contribution in [2.45, 2.75) is 25.9 Å². The number of halogens is 1. The largest absolute Gasteiger partial charge is 2.00 e. The molecule has 0 atom stereocenters. The van der Waals surface area contributed by atoms with Crippen LogP contribution in [0, 0.1) is 6.92 Å². The fraction of sp³-hybridized carbons (Fsp3) is 0.462. The topological polar surface area (TPSA) is 18.5 Å². The van der Waals surface area contributed by atoms with Crippen LogP contribution in [0.3, 0.4) is 0 Å². The van der Waals surface area contributed by atoms with E-state index in [9.17, 15) is 0 Å². The van der Waals surface area contributed by atoms with Gasteiger partial charge in [0.1, 0.15) is 5.75 Å². The smallest absolute Gasteiger partial charge is 1.00 e. The summed E-state index contributed by atoms with van der Waals surface area (Å²) >= 11 is 0. The van der Waals surface area contributed by atoms with Crippen molar-refractivity contribution in [2.24, 2.45) is 0 Å². The summed E-state index contributed by atoms with van der Waals surface area (Å²) in [6.07, 6.45) is 3.23. The van der Waals surface area contributed by atoms with E-state index in [1.807, 2.05) is 24.3 Å². The predicted molar refractivity (Wildman–Crippen MR) is 67.6 cm³/mol. The Morgan fingerprint density at radius 2 is 1.76 bits per heavy atom. The molecule has 0 N–H and O–H groups in total. The third kappa shape index (κ3) is 8.88. The van der Waals surface area contributed by atoms with E-state index in [1.165, 1.54) is 5.56 Å². The Morgan fingerprint density at radius 1 is 1.12 bits per heavy atom. The first-order chi connectivity index (χ1) is 7.36. The summed E-state index contributed by atoms with van der Waals surface area (Å²) in [5, 5.41) is 0. The van der Waals surface area contributed by atoms with Crippen LogP contribution in [0.25, 0.3) is 0 Å². The molecule has 92 valence electrons. The molecule has 2 nitrogen and oxygen atoms in total. The molecular formula is C13H19BrMgO2. The van der Waals surface area contributed by atoms with Gasteiger partial charge in [-0.2, -0.15) is 6.42 Å². The third-order valence-corrected chi connectivity index (χ3v) is 2.22. The molecule has 0 aromatic heterocycles. The van der Waals surface area contributed by atoms with Crippen LogP contribution in [0.1, 0.15) is 24.8 Å². The molecule has 0 fully saturated rings. The minimum absolute atomic E-state index is 0. The van der Waals surface area contributed by atoms with Crippen LogP contribution in [0.15, 0.2) is 24.3 Å². The molecule has 0 aliphatic carbocycles. The molecule has 0 heterocycles. The minimum atomic E-state index is 0. The van der Waals surface area contributed by atoms with Crippen LogP contribution in [0.4, 0.5) is 0 Å². The van der Waals surface area contributed by atoms with E-state index >= 15 is 0 Å². The van der Waals surface area contributed by atoms with E-state index < -0.39 is 0 Å². The number of hydrogen-bond acceptors (Lipinski definition) is 2. The summed E-state index contributed by atoms with van der Waals surface area (Å²) in [4.78, 5) is 0. The molecule has 0 saturated carbocycles. The Morgan fingerprint density at radius 3 is 2.29 bits per heavy atom. The second-order valence-electron chi connectivity index (χ2n) is 3.46. The molecule has 0 spiro atoms. The zero-order chi connectivity index (χ0) is 10.9. The Hall–Kier alpha value is 0.226. The van der Waals surface area contributed by atoms with Gasteiger partial charge in [0.2, 0.25) is 0 Å². The van der Waals surface area contributed by atoms with Crippen LogP contribution < -0.4 is 21.7 Å². The summed E-state index contributed by atoms with van der Waals surface area (Å²) < 4.78 is 10.6. The molecule has 0 aliphatic heterocycles. The summed E-state index contributed by atoms with van der Waals surface area (Å²) in [6.45, 7) is 5.29. The number of benzene rings is 1. The van der Waals surface area contributed by atoms with E-state index in [0.29, 0.717) is 6.61 Å². The molecule has 1 rings (SSSR count). The van der Waals surface area contributed by atoms with Gasteiger partial charge in [0.25, 0.3) is 0 Å². The molecule has 0 aliphatic rings. The van der Waals surface area contributed by atoms with Crippen molar-refractivity contribution in [1.29, 1.82) is 0 Å². The Bertz CT molecular complexity index is 265. The van der Waals surface area contributed by atoms with Crippen molar-refractivity contribution in [2.75, 3.05) is 13.7 Å². The van der Waals surface area contributed by atoms with Gasteiger partial charge in [0, 0.05) is 6.61 Å². The molecule has 0 bridgehead atoms. The van der Waals surface area contributed by atoms with E-state index in [4.69, 9.17) is 9.47 Å². The Labute approximate surface area is 131 Å². The first kappa shape index (κ1) is 19.6. The second kappa shape index (κ2) is 12.7. The maximum Gasteiger partial charge on any atom is 2.00 e. The Balaban J connectivity index is 0. The number of hydrogen-bond donors (Lipinski definition) is 0. The van der Waals surface area contributed by atoms with Crippen LogP contribution in [-0.4, -0.2) is 36.8 Å². The van der Waals surface area contributed by atoms with Crippen molar-refractivity contribution >= 4 is 23.1 Å². The van der Waals surface area contributed by atoms with Gasteiger partial charge in [-0.05, 0) is 24.1 Å². The van der Waals surface area contributed by atoms with Gasteiger partial charge >= 0.3 is 23.1 Å². The van der Waals surface area contributed by atoms with Gasteiger partial charge in [-0.1, -0.05) is 18.6 Å². The van der Waals surface area contributed by atoms with Crippen LogP contribution in [0.2, 0.25) is 0 Å². The third-order valence-electron chi connectivity index (χ3n) is 2.22. The fourth-order valence-electron chi connectivity index (χ4n) is 1.29. The van der Waals surface area contributed by atoms with Gasteiger partial charge in [0.15, 0.2) is 0 Å². The van der Waals surface area contributed by atoms with Gasteiger partial charge in [-0.15, -0.1) is 0 Å². The number of unbranched alkanes of at least 4 members (excludes halogenated alkanes) is 2. The number of rotatable bonds is 7. The quantitative estimate of drug-likeness (QED) is 0.396. The monoisotopic (exact) mass is 310 g/mol. The van der Waals surface area contributed by atoms with Crippen molar-refractivity contribution in [3.8, 4) is 5.75 Å². The first-order valence-electron chi connectivity index (χ1n) is 5.36. The molecule has 0 radical (unpaired) electrons. The standard InChI is InChI=1S/C13H19O2.BrH.Mg/c1-3-4-5-10-15-11-12-6-8-13(14-2)9-7-12;;/h6-9H,1,3-5,10-11H2,2H3;1H;/q-1;;+2/p-1. The van der Waals surface area contributed by atoms with Crippen molar-refractivity contribution in [3.63, 3.8) is 0 Å². The SMILES string of the molecule is [Br-].[CH2-]CCCCOCc1ccc(OC)cc1.[Mg+2]. The van der Waals surface area contributed by atoms with E-state index in [-0.39, 0.29) is 40.0 Å². The van der Waals surface area contributed by atoms with Crippen molar-refractivity contribution in [1.82, 2.24) is 0 Å². The molecule has 1 aromatic rings. The minimum Gasteiger partial charge on any atom is -1.00 e. The summed E-state index contributed by atoms with van der Waals surface area (Å²) in [7, 11) is 1.67.